The Morgan fingerprint density at radius 3 is 2.43 bits per heavy atom. The van der Waals surface area contributed by atoms with E-state index in [9.17, 15) is 9.90 Å². The van der Waals surface area contributed by atoms with E-state index in [1.165, 1.54) is 0 Å². The Labute approximate surface area is 130 Å². The number of anilines is 1. The summed E-state index contributed by atoms with van der Waals surface area (Å²) in [6.45, 7) is 6.98. The molecule has 0 aromatic heterocycles. The second kappa shape index (κ2) is 6.22. The molecule has 6 heteroatoms. The summed E-state index contributed by atoms with van der Waals surface area (Å²) in [6.07, 6.45) is 0. The van der Waals surface area contributed by atoms with Crippen LogP contribution in [0.5, 0.6) is 0 Å². The number of hydrogen-bond donors (Lipinski definition) is 2. The molecule has 21 heavy (non-hydrogen) atoms. The number of piperazine rings is 1. The minimum absolute atomic E-state index is 0.0490. The van der Waals surface area contributed by atoms with Crippen LogP contribution in [0.1, 0.15) is 24.2 Å². The number of aliphatic hydroxyl groups is 1. The van der Waals surface area contributed by atoms with Crippen molar-refractivity contribution in [2.45, 2.75) is 19.4 Å². The molecule has 1 aromatic rings. The van der Waals surface area contributed by atoms with E-state index in [4.69, 9.17) is 17.3 Å². The fourth-order valence-electron chi connectivity index (χ4n) is 2.57. The maximum absolute atomic E-state index is 12.4. The minimum Gasteiger partial charge on any atom is -0.399 e. The van der Waals surface area contributed by atoms with Crippen molar-refractivity contribution in [1.82, 2.24) is 9.80 Å². The van der Waals surface area contributed by atoms with E-state index >= 15 is 0 Å². The van der Waals surface area contributed by atoms with E-state index in [1.807, 2.05) is 0 Å². The summed E-state index contributed by atoms with van der Waals surface area (Å²) < 4.78 is 0. The molecule has 1 saturated heterocycles. The summed E-state index contributed by atoms with van der Waals surface area (Å²) in [6, 6.07) is 4.92. The van der Waals surface area contributed by atoms with Crippen molar-refractivity contribution in [3.8, 4) is 0 Å². The zero-order valence-electron chi connectivity index (χ0n) is 12.5. The Morgan fingerprint density at radius 1 is 1.29 bits per heavy atom. The topological polar surface area (TPSA) is 69.8 Å². The van der Waals surface area contributed by atoms with Crippen molar-refractivity contribution in [2.24, 2.45) is 0 Å². The maximum Gasteiger partial charge on any atom is 0.254 e. The number of halogens is 1. The number of carbonyl (C=O) groups is 1. The number of carbonyl (C=O) groups excluding carboxylic acids is 1. The van der Waals surface area contributed by atoms with Gasteiger partial charge in [-0.3, -0.25) is 9.69 Å². The van der Waals surface area contributed by atoms with Crippen molar-refractivity contribution >= 4 is 23.2 Å². The lowest BCUT2D eigenvalue weighted by Crippen LogP contribution is -2.52. The molecule has 1 aliphatic rings. The molecule has 0 atom stereocenters. The van der Waals surface area contributed by atoms with Crippen LogP contribution in [0.2, 0.25) is 5.02 Å². The lowest BCUT2D eigenvalue weighted by Gasteiger charge is -2.37. The van der Waals surface area contributed by atoms with Crippen LogP contribution >= 0.6 is 11.6 Å². The van der Waals surface area contributed by atoms with Crippen molar-refractivity contribution in [2.75, 3.05) is 38.5 Å². The SMILES string of the molecule is CC(C)(O)CN1CCN(C(=O)c2cc(N)cc(Cl)c2)CC1. The molecule has 116 valence electrons. The monoisotopic (exact) mass is 311 g/mol. The third kappa shape index (κ3) is 4.59. The highest BCUT2D eigenvalue weighted by molar-refractivity contribution is 6.31. The highest BCUT2D eigenvalue weighted by atomic mass is 35.5. The summed E-state index contributed by atoms with van der Waals surface area (Å²) in [4.78, 5) is 16.4. The molecule has 1 fully saturated rings. The second-order valence-electron chi connectivity index (χ2n) is 6.15. The van der Waals surface area contributed by atoms with Gasteiger partial charge in [-0.1, -0.05) is 11.6 Å². The number of benzene rings is 1. The Morgan fingerprint density at radius 2 is 1.90 bits per heavy atom. The summed E-state index contributed by atoms with van der Waals surface area (Å²) in [7, 11) is 0. The number of nitrogens with two attached hydrogens (primary N) is 1. The van der Waals surface area contributed by atoms with Crippen molar-refractivity contribution < 1.29 is 9.90 Å². The molecule has 1 amide bonds. The standard InChI is InChI=1S/C15H22ClN3O2/c1-15(2,21)10-18-3-5-19(6-4-18)14(20)11-7-12(16)9-13(17)8-11/h7-9,21H,3-6,10,17H2,1-2H3. The number of rotatable bonds is 3. The van der Waals surface area contributed by atoms with Gasteiger partial charge in [-0.15, -0.1) is 0 Å². The van der Waals surface area contributed by atoms with Crippen molar-refractivity contribution in [3.63, 3.8) is 0 Å². The average molecular weight is 312 g/mol. The molecule has 0 aliphatic carbocycles. The Bertz CT molecular complexity index is 500. The lowest BCUT2D eigenvalue weighted by molar-refractivity contribution is 0.0178. The van der Waals surface area contributed by atoms with E-state index in [1.54, 1.807) is 36.9 Å². The Hall–Kier alpha value is -1.30. The third-order valence-electron chi connectivity index (χ3n) is 3.44. The molecule has 0 radical (unpaired) electrons. The lowest BCUT2D eigenvalue weighted by atomic mass is 10.1. The molecule has 3 N–H and O–H groups in total. The zero-order chi connectivity index (χ0) is 15.6. The van der Waals surface area contributed by atoms with Gasteiger partial charge in [0.25, 0.3) is 5.91 Å². The highest BCUT2D eigenvalue weighted by Crippen LogP contribution is 2.19. The van der Waals surface area contributed by atoms with Crippen LogP contribution in [0.15, 0.2) is 18.2 Å². The van der Waals surface area contributed by atoms with E-state index in [2.05, 4.69) is 4.90 Å². The van der Waals surface area contributed by atoms with Crippen LogP contribution in [0.3, 0.4) is 0 Å². The van der Waals surface area contributed by atoms with Gasteiger partial charge >= 0.3 is 0 Å². The molecular weight excluding hydrogens is 290 g/mol. The van der Waals surface area contributed by atoms with Crippen LogP contribution < -0.4 is 5.73 Å². The summed E-state index contributed by atoms with van der Waals surface area (Å²) in [5.41, 5.74) is 6.03. The van der Waals surface area contributed by atoms with Gasteiger partial charge in [-0.05, 0) is 32.0 Å². The zero-order valence-corrected chi connectivity index (χ0v) is 13.2. The van der Waals surface area contributed by atoms with Gasteiger partial charge in [-0.2, -0.15) is 0 Å². The summed E-state index contributed by atoms with van der Waals surface area (Å²) in [5, 5.41) is 10.3. The van der Waals surface area contributed by atoms with Gasteiger partial charge in [0.2, 0.25) is 0 Å². The number of amides is 1. The van der Waals surface area contributed by atoms with Crippen LogP contribution in [-0.4, -0.2) is 59.1 Å². The maximum atomic E-state index is 12.4. The quantitative estimate of drug-likeness (QED) is 0.829. The molecule has 0 unspecified atom stereocenters. The molecule has 1 aliphatic heterocycles. The fraction of sp³-hybridized carbons (Fsp3) is 0.533. The van der Waals surface area contributed by atoms with Crippen LogP contribution in [0.25, 0.3) is 0 Å². The van der Waals surface area contributed by atoms with Gasteiger partial charge in [0, 0.05) is 49.0 Å². The second-order valence-corrected chi connectivity index (χ2v) is 6.59. The molecule has 5 nitrogen and oxygen atoms in total. The van der Waals surface area contributed by atoms with Gasteiger partial charge in [0.05, 0.1) is 5.60 Å². The van der Waals surface area contributed by atoms with Crippen molar-refractivity contribution in [3.05, 3.63) is 28.8 Å². The smallest absolute Gasteiger partial charge is 0.254 e. The molecule has 1 aromatic carbocycles. The first-order valence-corrected chi connectivity index (χ1v) is 7.42. The number of β-amino-alcohol motifs (C(OH)–C–C–N with tert-alkyl or cyclic N) is 1. The normalized spacial score (nSPS) is 17.0. The average Bonchev–Trinajstić information content (AvgIpc) is 2.35. The first kappa shape index (κ1) is 16.1. The molecule has 0 spiro atoms. The third-order valence-corrected chi connectivity index (χ3v) is 3.66. The van der Waals surface area contributed by atoms with E-state index < -0.39 is 5.60 Å². The van der Waals surface area contributed by atoms with E-state index in [0.717, 1.165) is 13.1 Å². The molecule has 1 heterocycles. The first-order chi connectivity index (χ1) is 9.74. The van der Waals surface area contributed by atoms with Gasteiger partial charge in [-0.25, -0.2) is 0 Å². The van der Waals surface area contributed by atoms with Gasteiger partial charge in [0.15, 0.2) is 0 Å². The largest absolute Gasteiger partial charge is 0.399 e. The Balaban J connectivity index is 1.97. The predicted octanol–water partition coefficient (Wildman–Crippen LogP) is 1.45. The number of nitrogens with zero attached hydrogens (tertiary/aromatic N) is 2. The molecular formula is C15H22ClN3O2. The van der Waals surface area contributed by atoms with Crippen LogP contribution in [0, 0.1) is 0 Å². The predicted molar refractivity (Wildman–Crippen MR) is 84.5 cm³/mol. The van der Waals surface area contributed by atoms with Crippen LogP contribution in [-0.2, 0) is 0 Å². The highest BCUT2D eigenvalue weighted by Gasteiger charge is 2.25. The van der Waals surface area contributed by atoms with E-state index in [0.29, 0.717) is 35.9 Å². The van der Waals surface area contributed by atoms with Crippen LogP contribution in [0.4, 0.5) is 5.69 Å². The number of hydrogen-bond acceptors (Lipinski definition) is 4. The molecule has 0 saturated carbocycles. The first-order valence-electron chi connectivity index (χ1n) is 7.05. The fourth-order valence-corrected chi connectivity index (χ4v) is 2.82. The van der Waals surface area contributed by atoms with Gasteiger partial charge < -0.3 is 15.7 Å². The van der Waals surface area contributed by atoms with Crippen molar-refractivity contribution in [1.29, 1.82) is 0 Å². The molecule has 0 bridgehead atoms. The number of nitrogen functional groups attached to an aromatic ring is 1. The Kier molecular flexibility index (Phi) is 4.76. The summed E-state index contributed by atoms with van der Waals surface area (Å²) in [5.74, 6) is -0.0490. The van der Waals surface area contributed by atoms with Gasteiger partial charge in [0.1, 0.15) is 0 Å². The van der Waals surface area contributed by atoms with E-state index in [-0.39, 0.29) is 5.91 Å². The summed E-state index contributed by atoms with van der Waals surface area (Å²) >= 11 is 5.94. The minimum atomic E-state index is -0.715. The molecule has 2 rings (SSSR count).